The first-order valence-electron chi connectivity index (χ1n) is 6.94. The fraction of sp³-hybridized carbons (Fsp3) is 0.533. The lowest BCUT2D eigenvalue weighted by Gasteiger charge is -2.14. The first-order valence-corrected chi connectivity index (χ1v) is 6.94. The van der Waals surface area contributed by atoms with Crippen molar-refractivity contribution in [2.75, 3.05) is 13.7 Å². The monoisotopic (exact) mass is 298 g/mol. The zero-order valence-corrected chi connectivity index (χ0v) is 12.6. The summed E-state index contributed by atoms with van der Waals surface area (Å²) in [7, 11) is 1.45. The van der Waals surface area contributed by atoms with E-state index < -0.39 is 18.0 Å². The highest BCUT2D eigenvalue weighted by Gasteiger charge is 2.09. The lowest BCUT2D eigenvalue weighted by atomic mass is 10.1. The van der Waals surface area contributed by atoms with Crippen LogP contribution in [-0.4, -0.2) is 30.9 Å². The van der Waals surface area contributed by atoms with Gasteiger partial charge in [-0.2, -0.15) is 0 Å². The molecule has 0 heterocycles. The van der Waals surface area contributed by atoms with E-state index in [2.05, 4.69) is 10.6 Å². The Hall–Kier alpha value is -1.82. The van der Waals surface area contributed by atoms with Gasteiger partial charge in [0.05, 0.1) is 13.2 Å². The second-order valence-electron chi connectivity index (χ2n) is 5.35. The molecule has 6 heteroatoms. The average molecular weight is 298 g/mol. The lowest BCUT2D eigenvalue weighted by Crippen LogP contribution is -2.39. The predicted molar refractivity (Wildman–Crippen MR) is 78.7 cm³/mol. The number of aliphatic hydroxyl groups excluding tert-OH is 1. The van der Waals surface area contributed by atoms with Gasteiger partial charge in [-0.25, -0.2) is 9.18 Å². The summed E-state index contributed by atoms with van der Waals surface area (Å²) in [5.74, 6) is 0.350. The maximum Gasteiger partial charge on any atom is 0.315 e. The van der Waals surface area contributed by atoms with Crippen LogP contribution in [0.1, 0.15) is 25.8 Å². The number of ether oxygens (including phenoxy) is 1. The van der Waals surface area contributed by atoms with Gasteiger partial charge in [0.1, 0.15) is 11.6 Å². The number of aliphatic hydroxyl groups is 1. The number of rotatable bonds is 7. The third-order valence-electron chi connectivity index (χ3n) is 2.86. The van der Waals surface area contributed by atoms with E-state index in [0.717, 1.165) is 0 Å². The van der Waals surface area contributed by atoms with Crippen molar-refractivity contribution >= 4 is 6.03 Å². The SMILES string of the molecule is COc1cc(F)cc(CNC(=O)NCC(O)CC(C)C)c1. The van der Waals surface area contributed by atoms with Crippen LogP contribution in [0.25, 0.3) is 0 Å². The fourth-order valence-corrected chi connectivity index (χ4v) is 1.92. The van der Waals surface area contributed by atoms with Gasteiger partial charge in [0.15, 0.2) is 0 Å². The first kappa shape index (κ1) is 17.2. The minimum absolute atomic E-state index is 0.181. The van der Waals surface area contributed by atoms with E-state index >= 15 is 0 Å². The van der Waals surface area contributed by atoms with Crippen LogP contribution in [0.2, 0.25) is 0 Å². The Kier molecular flexibility index (Phi) is 6.94. The summed E-state index contributed by atoms with van der Waals surface area (Å²) in [5, 5.41) is 14.8. The number of halogens is 1. The van der Waals surface area contributed by atoms with Crippen molar-refractivity contribution in [2.45, 2.75) is 32.9 Å². The molecule has 0 aliphatic heterocycles. The minimum atomic E-state index is -0.565. The van der Waals surface area contributed by atoms with E-state index in [1.807, 2.05) is 13.8 Å². The molecule has 5 nitrogen and oxygen atoms in total. The molecule has 1 aromatic carbocycles. The molecule has 0 aliphatic carbocycles. The molecule has 0 saturated heterocycles. The van der Waals surface area contributed by atoms with Crippen LogP contribution in [0.4, 0.5) is 9.18 Å². The number of nitrogens with one attached hydrogen (secondary N) is 2. The van der Waals surface area contributed by atoms with E-state index in [-0.39, 0.29) is 13.1 Å². The number of carbonyl (C=O) groups excluding carboxylic acids is 1. The molecule has 1 aromatic rings. The standard InChI is InChI=1S/C15H23FN2O3/c1-10(2)4-13(19)9-18-15(20)17-8-11-5-12(16)7-14(6-11)21-3/h5-7,10,13,19H,4,8-9H2,1-3H3,(H2,17,18,20). The fourth-order valence-electron chi connectivity index (χ4n) is 1.92. The van der Waals surface area contributed by atoms with Gasteiger partial charge in [0.2, 0.25) is 0 Å². The van der Waals surface area contributed by atoms with Gasteiger partial charge >= 0.3 is 6.03 Å². The first-order chi connectivity index (χ1) is 9.90. The van der Waals surface area contributed by atoms with Crippen LogP contribution < -0.4 is 15.4 Å². The lowest BCUT2D eigenvalue weighted by molar-refractivity contribution is 0.147. The summed E-state index contributed by atoms with van der Waals surface area (Å²) in [6.45, 7) is 4.37. The highest BCUT2D eigenvalue weighted by Crippen LogP contribution is 2.15. The molecular formula is C15H23FN2O3. The van der Waals surface area contributed by atoms with Crippen LogP contribution in [0.5, 0.6) is 5.75 Å². The number of hydrogen-bond acceptors (Lipinski definition) is 3. The number of amides is 2. The van der Waals surface area contributed by atoms with E-state index in [1.165, 1.54) is 19.2 Å². The van der Waals surface area contributed by atoms with Gasteiger partial charge in [-0.15, -0.1) is 0 Å². The zero-order chi connectivity index (χ0) is 15.8. The zero-order valence-electron chi connectivity index (χ0n) is 12.6. The molecule has 0 radical (unpaired) electrons. The van der Waals surface area contributed by atoms with Crippen molar-refractivity contribution in [2.24, 2.45) is 5.92 Å². The molecule has 3 N–H and O–H groups in total. The minimum Gasteiger partial charge on any atom is -0.497 e. The van der Waals surface area contributed by atoms with Crippen LogP contribution in [-0.2, 0) is 6.54 Å². The number of urea groups is 1. The molecule has 21 heavy (non-hydrogen) atoms. The topological polar surface area (TPSA) is 70.6 Å². The maximum absolute atomic E-state index is 13.3. The molecule has 0 aromatic heterocycles. The molecule has 0 saturated carbocycles. The van der Waals surface area contributed by atoms with Crippen molar-refractivity contribution in [1.82, 2.24) is 10.6 Å². The molecule has 1 rings (SSSR count). The molecule has 2 amide bonds. The van der Waals surface area contributed by atoms with E-state index in [9.17, 15) is 14.3 Å². The third-order valence-corrected chi connectivity index (χ3v) is 2.86. The van der Waals surface area contributed by atoms with Gasteiger partial charge in [-0.3, -0.25) is 0 Å². The number of methoxy groups -OCH3 is 1. The van der Waals surface area contributed by atoms with E-state index in [1.54, 1.807) is 6.07 Å². The Balaban J connectivity index is 2.37. The molecule has 0 aliphatic rings. The maximum atomic E-state index is 13.3. The summed E-state index contributed by atoms with van der Waals surface area (Å²) >= 11 is 0. The van der Waals surface area contributed by atoms with Crippen molar-refractivity contribution in [3.8, 4) is 5.75 Å². The molecule has 1 atom stereocenters. The second kappa shape index (κ2) is 8.46. The predicted octanol–water partition coefficient (Wildman–Crippen LogP) is 2.04. The van der Waals surface area contributed by atoms with Crippen LogP contribution in [0.3, 0.4) is 0 Å². The Morgan fingerprint density at radius 1 is 1.33 bits per heavy atom. The number of hydrogen-bond donors (Lipinski definition) is 3. The highest BCUT2D eigenvalue weighted by atomic mass is 19.1. The van der Waals surface area contributed by atoms with Gasteiger partial charge in [-0.1, -0.05) is 13.8 Å². The van der Waals surface area contributed by atoms with Crippen LogP contribution >= 0.6 is 0 Å². The second-order valence-corrected chi connectivity index (χ2v) is 5.35. The molecule has 1 unspecified atom stereocenters. The molecule has 0 bridgehead atoms. The number of carbonyl (C=O) groups is 1. The Morgan fingerprint density at radius 2 is 2.05 bits per heavy atom. The summed E-state index contributed by atoms with van der Waals surface area (Å²) in [6.07, 6.45) is 0.0616. The van der Waals surface area contributed by atoms with Gasteiger partial charge in [0.25, 0.3) is 0 Å². The van der Waals surface area contributed by atoms with Crippen molar-refractivity contribution in [1.29, 1.82) is 0 Å². The van der Waals surface area contributed by atoms with Gasteiger partial charge in [0, 0.05) is 19.2 Å². The summed E-state index contributed by atoms with van der Waals surface area (Å²) in [4.78, 5) is 11.6. The Labute approximate surface area is 124 Å². The largest absolute Gasteiger partial charge is 0.497 e. The molecular weight excluding hydrogens is 275 g/mol. The summed E-state index contributed by atoms with van der Waals surface area (Å²) in [5.41, 5.74) is 0.602. The number of benzene rings is 1. The Morgan fingerprint density at radius 3 is 2.67 bits per heavy atom. The highest BCUT2D eigenvalue weighted by molar-refractivity contribution is 5.73. The van der Waals surface area contributed by atoms with E-state index in [0.29, 0.717) is 23.7 Å². The summed E-state index contributed by atoms with van der Waals surface area (Å²) < 4.78 is 18.2. The van der Waals surface area contributed by atoms with Crippen LogP contribution in [0.15, 0.2) is 18.2 Å². The molecule has 0 fully saturated rings. The summed E-state index contributed by atoms with van der Waals surface area (Å²) in [6, 6.07) is 3.85. The third kappa shape index (κ3) is 6.94. The van der Waals surface area contributed by atoms with Crippen molar-refractivity contribution in [3.63, 3.8) is 0 Å². The average Bonchev–Trinajstić information content (AvgIpc) is 2.41. The van der Waals surface area contributed by atoms with Gasteiger partial charge < -0.3 is 20.5 Å². The molecule has 118 valence electrons. The normalized spacial score (nSPS) is 12.1. The Bertz CT molecular complexity index is 466. The van der Waals surface area contributed by atoms with E-state index in [4.69, 9.17) is 4.74 Å². The van der Waals surface area contributed by atoms with Crippen molar-refractivity contribution in [3.05, 3.63) is 29.6 Å². The quantitative estimate of drug-likeness (QED) is 0.721. The van der Waals surface area contributed by atoms with Crippen molar-refractivity contribution < 1.29 is 19.0 Å². The van der Waals surface area contributed by atoms with Gasteiger partial charge in [-0.05, 0) is 30.0 Å². The smallest absolute Gasteiger partial charge is 0.315 e. The van der Waals surface area contributed by atoms with Crippen LogP contribution in [0, 0.1) is 11.7 Å². The molecule has 0 spiro atoms.